The average Bonchev–Trinajstić information content (AvgIpc) is 2.78. The SMILES string of the molecule is Cc1cc(F)c([N+](=O)[O-])c(C)c1S(=O)(=O)NC1CCCC1. The molecule has 1 aliphatic rings. The van der Waals surface area contributed by atoms with Crippen LogP contribution in [0.3, 0.4) is 0 Å². The highest BCUT2D eigenvalue weighted by Crippen LogP contribution is 2.32. The Morgan fingerprint density at radius 2 is 1.90 bits per heavy atom. The van der Waals surface area contributed by atoms with Gasteiger partial charge in [-0.15, -0.1) is 0 Å². The van der Waals surface area contributed by atoms with E-state index < -0.39 is 26.5 Å². The molecule has 0 spiro atoms. The zero-order chi connectivity index (χ0) is 15.8. The van der Waals surface area contributed by atoms with Crippen LogP contribution in [0, 0.1) is 29.8 Å². The number of rotatable bonds is 4. The van der Waals surface area contributed by atoms with Gasteiger partial charge in [0, 0.05) is 6.04 Å². The summed E-state index contributed by atoms with van der Waals surface area (Å²) in [5.41, 5.74) is -0.781. The summed E-state index contributed by atoms with van der Waals surface area (Å²) in [6, 6.07) is 0.742. The molecule has 0 unspecified atom stereocenters. The van der Waals surface area contributed by atoms with Gasteiger partial charge in [0.05, 0.1) is 15.4 Å². The fraction of sp³-hybridized carbons (Fsp3) is 0.538. The number of nitrogens with zero attached hydrogens (tertiary/aromatic N) is 1. The number of nitrogens with one attached hydrogen (secondary N) is 1. The van der Waals surface area contributed by atoms with E-state index in [1.807, 2.05) is 0 Å². The van der Waals surface area contributed by atoms with Gasteiger partial charge >= 0.3 is 5.69 Å². The molecule has 0 aliphatic heterocycles. The van der Waals surface area contributed by atoms with Crippen molar-refractivity contribution in [2.75, 3.05) is 0 Å². The molecule has 0 aromatic heterocycles. The molecular formula is C13H17FN2O4S. The van der Waals surface area contributed by atoms with Crippen LogP contribution in [0.25, 0.3) is 0 Å². The van der Waals surface area contributed by atoms with Gasteiger partial charge in [0.2, 0.25) is 15.8 Å². The Hall–Kier alpha value is -1.54. The summed E-state index contributed by atoms with van der Waals surface area (Å²) in [6.07, 6.45) is 3.41. The van der Waals surface area contributed by atoms with E-state index in [1.54, 1.807) is 0 Å². The maximum atomic E-state index is 13.7. The summed E-state index contributed by atoms with van der Waals surface area (Å²) < 4.78 is 41.2. The molecule has 8 heteroatoms. The van der Waals surface area contributed by atoms with Crippen molar-refractivity contribution < 1.29 is 17.7 Å². The molecule has 0 bridgehead atoms. The molecule has 0 amide bonds. The molecule has 0 heterocycles. The van der Waals surface area contributed by atoms with Crippen molar-refractivity contribution in [3.05, 3.63) is 33.1 Å². The zero-order valence-electron chi connectivity index (χ0n) is 11.8. The lowest BCUT2D eigenvalue weighted by molar-refractivity contribution is -0.388. The van der Waals surface area contributed by atoms with E-state index in [0.29, 0.717) is 0 Å². The predicted octanol–water partition coefficient (Wildman–Crippen LogP) is 2.57. The standard InChI is InChI=1S/C13H17FN2O4S/c1-8-7-11(14)12(16(17)18)9(2)13(8)21(19,20)15-10-5-3-4-6-10/h7,10,15H,3-6H2,1-2H3. The third-order valence-electron chi connectivity index (χ3n) is 3.75. The molecule has 1 aromatic carbocycles. The van der Waals surface area contributed by atoms with Gasteiger partial charge in [-0.2, -0.15) is 4.39 Å². The molecule has 1 aliphatic carbocycles. The van der Waals surface area contributed by atoms with Gasteiger partial charge < -0.3 is 0 Å². The van der Waals surface area contributed by atoms with E-state index in [4.69, 9.17) is 0 Å². The van der Waals surface area contributed by atoms with Crippen molar-refractivity contribution in [1.82, 2.24) is 4.72 Å². The summed E-state index contributed by atoms with van der Waals surface area (Å²) >= 11 is 0. The average molecular weight is 316 g/mol. The highest BCUT2D eigenvalue weighted by atomic mass is 32.2. The Bertz CT molecular complexity index is 682. The van der Waals surface area contributed by atoms with E-state index in [0.717, 1.165) is 31.7 Å². The Balaban J connectivity index is 2.52. The lowest BCUT2D eigenvalue weighted by atomic mass is 10.1. The Morgan fingerprint density at radius 3 is 2.43 bits per heavy atom. The molecule has 0 radical (unpaired) electrons. The first kappa shape index (κ1) is 15.8. The van der Waals surface area contributed by atoms with Crippen LogP contribution in [-0.2, 0) is 10.0 Å². The first-order valence-electron chi connectivity index (χ1n) is 6.70. The first-order chi connectivity index (χ1) is 9.74. The fourth-order valence-electron chi connectivity index (χ4n) is 2.87. The van der Waals surface area contributed by atoms with E-state index in [-0.39, 0.29) is 22.1 Å². The van der Waals surface area contributed by atoms with Crippen LogP contribution >= 0.6 is 0 Å². The number of aryl methyl sites for hydroxylation is 1. The van der Waals surface area contributed by atoms with Crippen molar-refractivity contribution >= 4 is 15.7 Å². The van der Waals surface area contributed by atoms with Crippen molar-refractivity contribution in [3.63, 3.8) is 0 Å². The molecule has 2 rings (SSSR count). The molecule has 1 aromatic rings. The fourth-order valence-corrected chi connectivity index (χ4v) is 4.64. The van der Waals surface area contributed by atoms with E-state index in [1.165, 1.54) is 13.8 Å². The van der Waals surface area contributed by atoms with Crippen LogP contribution in [0.2, 0.25) is 0 Å². The monoisotopic (exact) mass is 316 g/mol. The maximum absolute atomic E-state index is 13.7. The van der Waals surface area contributed by atoms with Gasteiger partial charge in [-0.3, -0.25) is 10.1 Å². The summed E-state index contributed by atoms with van der Waals surface area (Å²) in [4.78, 5) is 9.85. The summed E-state index contributed by atoms with van der Waals surface area (Å²) in [7, 11) is -3.90. The van der Waals surface area contributed by atoms with Gasteiger partial charge in [0.1, 0.15) is 0 Å². The van der Waals surface area contributed by atoms with Crippen LogP contribution in [0.4, 0.5) is 10.1 Å². The van der Waals surface area contributed by atoms with E-state index in [9.17, 15) is 22.9 Å². The summed E-state index contributed by atoms with van der Waals surface area (Å²) in [5.74, 6) is -1.02. The Morgan fingerprint density at radius 1 is 1.33 bits per heavy atom. The predicted molar refractivity (Wildman–Crippen MR) is 75.1 cm³/mol. The first-order valence-corrected chi connectivity index (χ1v) is 8.19. The van der Waals surface area contributed by atoms with Gasteiger partial charge in [-0.25, -0.2) is 13.1 Å². The molecule has 0 saturated heterocycles. The molecular weight excluding hydrogens is 299 g/mol. The van der Waals surface area contributed by atoms with Crippen molar-refractivity contribution in [2.24, 2.45) is 0 Å². The molecule has 116 valence electrons. The van der Waals surface area contributed by atoms with Crippen molar-refractivity contribution in [3.8, 4) is 0 Å². The number of nitro benzene ring substituents is 1. The number of benzene rings is 1. The molecule has 6 nitrogen and oxygen atoms in total. The highest BCUT2D eigenvalue weighted by molar-refractivity contribution is 7.89. The lowest BCUT2D eigenvalue weighted by Gasteiger charge is -2.16. The van der Waals surface area contributed by atoms with Gasteiger partial charge in [-0.1, -0.05) is 12.8 Å². The summed E-state index contributed by atoms with van der Waals surface area (Å²) in [5, 5.41) is 10.9. The third-order valence-corrected chi connectivity index (χ3v) is 5.56. The number of halogens is 1. The normalized spacial score (nSPS) is 16.3. The van der Waals surface area contributed by atoms with Gasteiger partial charge in [0.15, 0.2) is 0 Å². The number of sulfonamides is 1. The van der Waals surface area contributed by atoms with Gasteiger partial charge in [0.25, 0.3) is 0 Å². The Labute approximate surface area is 122 Å². The maximum Gasteiger partial charge on any atom is 0.309 e. The van der Waals surface area contributed by atoms with E-state index in [2.05, 4.69) is 4.72 Å². The van der Waals surface area contributed by atoms with Gasteiger partial charge in [-0.05, 0) is 38.3 Å². The van der Waals surface area contributed by atoms with Crippen LogP contribution < -0.4 is 4.72 Å². The second kappa shape index (κ2) is 5.69. The summed E-state index contributed by atoms with van der Waals surface area (Å²) in [6.45, 7) is 2.69. The minimum absolute atomic E-state index is 0.155. The minimum Gasteiger partial charge on any atom is -0.258 e. The van der Waals surface area contributed by atoms with Crippen LogP contribution in [-0.4, -0.2) is 19.4 Å². The van der Waals surface area contributed by atoms with Crippen LogP contribution in [0.1, 0.15) is 36.8 Å². The topological polar surface area (TPSA) is 89.3 Å². The third kappa shape index (κ3) is 3.06. The molecule has 0 atom stereocenters. The molecule has 1 fully saturated rings. The lowest BCUT2D eigenvalue weighted by Crippen LogP contribution is -2.33. The highest BCUT2D eigenvalue weighted by Gasteiger charge is 2.31. The van der Waals surface area contributed by atoms with Crippen LogP contribution in [0.15, 0.2) is 11.0 Å². The molecule has 1 N–H and O–H groups in total. The van der Waals surface area contributed by atoms with Crippen molar-refractivity contribution in [1.29, 1.82) is 0 Å². The molecule has 21 heavy (non-hydrogen) atoms. The van der Waals surface area contributed by atoms with Crippen LogP contribution in [0.5, 0.6) is 0 Å². The van der Waals surface area contributed by atoms with E-state index >= 15 is 0 Å². The number of hydrogen-bond donors (Lipinski definition) is 1. The second-order valence-electron chi connectivity index (χ2n) is 5.34. The zero-order valence-corrected chi connectivity index (χ0v) is 12.7. The minimum atomic E-state index is -3.90. The largest absolute Gasteiger partial charge is 0.309 e. The number of nitro groups is 1. The molecule has 1 saturated carbocycles. The smallest absolute Gasteiger partial charge is 0.258 e. The quantitative estimate of drug-likeness (QED) is 0.683. The van der Waals surface area contributed by atoms with Crippen molar-refractivity contribution in [2.45, 2.75) is 50.5 Å². The number of hydrogen-bond acceptors (Lipinski definition) is 4. The Kier molecular flexibility index (Phi) is 4.29. The second-order valence-corrected chi connectivity index (χ2v) is 6.99.